The topological polar surface area (TPSA) is 87.7 Å². The molecule has 1 amide bonds. The Labute approximate surface area is 172 Å². The standard InChI is InChI=1S/C21H27N3O4S/c1-16(22-15-17-5-9-19(28-2)10-6-17)21(25)23-18-7-11-20(12-8-18)29(26,27)24-13-3-4-14-24/h5-12,16,22H,3-4,13-15H2,1-2H3,(H,23,25)/t16-/m1/s1. The van der Waals surface area contributed by atoms with Gasteiger partial charge in [-0.3, -0.25) is 4.79 Å². The van der Waals surface area contributed by atoms with E-state index >= 15 is 0 Å². The normalized spacial score (nSPS) is 15.8. The van der Waals surface area contributed by atoms with Gasteiger partial charge in [0.05, 0.1) is 18.0 Å². The number of amides is 1. The summed E-state index contributed by atoms with van der Waals surface area (Å²) >= 11 is 0. The first-order valence-electron chi connectivity index (χ1n) is 9.67. The number of nitrogens with one attached hydrogen (secondary N) is 2. The molecule has 3 rings (SSSR count). The second-order valence-corrected chi connectivity index (χ2v) is 9.01. The van der Waals surface area contributed by atoms with Crippen molar-refractivity contribution < 1.29 is 17.9 Å². The van der Waals surface area contributed by atoms with Gasteiger partial charge in [-0.2, -0.15) is 4.31 Å². The fourth-order valence-corrected chi connectivity index (χ4v) is 4.66. The van der Waals surface area contributed by atoms with Gasteiger partial charge in [0.15, 0.2) is 0 Å². The number of anilines is 1. The molecule has 7 nitrogen and oxygen atoms in total. The number of ether oxygens (including phenoxy) is 1. The zero-order valence-corrected chi connectivity index (χ0v) is 17.5. The van der Waals surface area contributed by atoms with Crippen LogP contribution in [0.3, 0.4) is 0 Å². The van der Waals surface area contributed by atoms with Gasteiger partial charge in [0.25, 0.3) is 0 Å². The predicted octanol–water partition coefficient (Wildman–Crippen LogP) is 2.60. The van der Waals surface area contributed by atoms with Crippen LogP contribution >= 0.6 is 0 Å². The highest BCUT2D eigenvalue weighted by Crippen LogP contribution is 2.22. The van der Waals surface area contributed by atoms with E-state index in [1.165, 1.54) is 4.31 Å². The van der Waals surface area contributed by atoms with Gasteiger partial charge in [-0.1, -0.05) is 12.1 Å². The third-order valence-electron chi connectivity index (χ3n) is 4.99. The largest absolute Gasteiger partial charge is 0.497 e. The lowest BCUT2D eigenvalue weighted by Gasteiger charge is -2.16. The molecule has 0 aliphatic carbocycles. The van der Waals surface area contributed by atoms with Gasteiger partial charge < -0.3 is 15.4 Å². The molecular formula is C21H27N3O4S. The van der Waals surface area contributed by atoms with Crippen LogP contribution in [0.5, 0.6) is 5.75 Å². The average Bonchev–Trinajstić information content (AvgIpc) is 3.28. The molecule has 2 aromatic rings. The van der Waals surface area contributed by atoms with Gasteiger partial charge in [0.2, 0.25) is 15.9 Å². The van der Waals surface area contributed by atoms with Crippen molar-refractivity contribution in [3.8, 4) is 5.75 Å². The van der Waals surface area contributed by atoms with E-state index in [-0.39, 0.29) is 10.8 Å². The number of rotatable bonds is 8. The molecule has 2 aromatic carbocycles. The molecule has 1 fully saturated rings. The molecule has 1 atom stereocenters. The molecule has 0 radical (unpaired) electrons. The first kappa shape index (κ1) is 21.3. The Morgan fingerprint density at radius 2 is 1.69 bits per heavy atom. The summed E-state index contributed by atoms with van der Waals surface area (Å²) < 4.78 is 31.8. The van der Waals surface area contributed by atoms with Gasteiger partial charge in [0, 0.05) is 25.3 Å². The summed E-state index contributed by atoms with van der Waals surface area (Å²) in [6, 6.07) is 13.5. The quantitative estimate of drug-likeness (QED) is 0.689. The molecule has 1 heterocycles. The molecule has 0 spiro atoms. The molecule has 0 bridgehead atoms. The fourth-order valence-electron chi connectivity index (χ4n) is 3.15. The Hall–Kier alpha value is -2.42. The van der Waals surface area contributed by atoms with Crippen molar-refractivity contribution in [2.75, 3.05) is 25.5 Å². The van der Waals surface area contributed by atoms with E-state index in [9.17, 15) is 13.2 Å². The molecule has 156 valence electrons. The highest BCUT2D eigenvalue weighted by molar-refractivity contribution is 7.89. The smallest absolute Gasteiger partial charge is 0.243 e. The van der Waals surface area contributed by atoms with Crippen molar-refractivity contribution in [1.29, 1.82) is 0 Å². The average molecular weight is 418 g/mol. The SMILES string of the molecule is COc1ccc(CN[C@H](C)C(=O)Nc2ccc(S(=O)(=O)N3CCCC3)cc2)cc1. The van der Waals surface area contributed by atoms with Crippen molar-refractivity contribution >= 4 is 21.6 Å². The number of hydrogen-bond acceptors (Lipinski definition) is 5. The summed E-state index contributed by atoms with van der Waals surface area (Å²) in [5, 5.41) is 5.99. The summed E-state index contributed by atoms with van der Waals surface area (Å²) in [6.07, 6.45) is 1.80. The third kappa shape index (κ3) is 5.35. The minimum atomic E-state index is -3.45. The Morgan fingerprint density at radius 1 is 1.07 bits per heavy atom. The van der Waals surface area contributed by atoms with E-state index < -0.39 is 16.1 Å². The molecule has 1 saturated heterocycles. The van der Waals surface area contributed by atoms with Gasteiger partial charge in [-0.05, 0) is 61.7 Å². The lowest BCUT2D eigenvalue weighted by Crippen LogP contribution is -2.37. The Morgan fingerprint density at radius 3 is 2.28 bits per heavy atom. The number of methoxy groups -OCH3 is 1. The van der Waals surface area contributed by atoms with Crippen molar-refractivity contribution in [2.45, 2.75) is 37.2 Å². The van der Waals surface area contributed by atoms with Gasteiger partial charge >= 0.3 is 0 Å². The predicted molar refractivity (Wildman–Crippen MR) is 112 cm³/mol. The molecular weight excluding hydrogens is 390 g/mol. The molecule has 0 unspecified atom stereocenters. The van der Waals surface area contributed by atoms with Crippen LogP contribution in [0.25, 0.3) is 0 Å². The van der Waals surface area contributed by atoms with Crippen LogP contribution in [0.4, 0.5) is 5.69 Å². The number of carbonyl (C=O) groups excluding carboxylic acids is 1. The van der Waals surface area contributed by atoms with Crippen LogP contribution < -0.4 is 15.4 Å². The number of benzene rings is 2. The van der Waals surface area contributed by atoms with Crippen molar-refractivity contribution in [1.82, 2.24) is 9.62 Å². The maximum absolute atomic E-state index is 12.6. The van der Waals surface area contributed by atoms with Crippen LogP contribution in [0.1, 0.15) is 25.3 Å². The van der Waals surface area contributed by atoms with Crippen LogP contribution in [0.2, 0.25) is 0 Å². The molecule has 8 heteroatoms. The zero-order chi connectivity index (χ0) is 20.9. The molecule has 0 saturated carbocycles. The van der Waals surface area contributed by atoms with E-state index in [0.717, 1.165) is 24.2 Å². The first-order chi connectivity index (χ1) is 13.9. The van der Waals surface area contributed by atoms with E-state index in [1.807, 2.05) is 24.3 Å². The van der Waals surface area contributed by atoms with E-state index in [0.29, 0.717) is 25.3 Å². The monoisotopic (exact) mass is 417 g/mol. The Bertz CT molecular complexity index is 921. The molecule has 0 aromatic heterocycles. The zero-order valence-electron chi connectivity index (χ0n) is 16.7. The maximum atomic E-state index is 12.6. The molecule has 2 N–H and O–H groups in total. The van der Waals surface area contributed by atoms with E-state index in [2.05, 4.69) is 10.6 Å². The minimum Gasteiger partial charge on any atom is -0.497 e. The summed E-state index contributed by atoms with van der Waals surface area (Å²) in [6.45, 7) is 3.47. The van der Waals surface area contributed by atoms with Crippen molar-refractivity contribution in [2.24, 2.45) is 0 Å². The maximum Gasteiger partial charge on any atom is 0.243 e. The highest BCUT2D eigenvalue weighted by atomic mass is 32.2. The van der Waals surface area contributed by atoms with Crippen LogP contribution in [-0.4, -0.2) is 44.9 Å². The lowest BCUT2D eigenvalue weighted by atomic mass is 10.2. The fraction of sp³-hybridized carbons (Fsp3) is 0.381. The van der Waals surface area contributed by atoms with Crippen molar-refractivity contribution in [3.05, 3.63) is 54.1 Å². The Balaban J connectivity index is 1.54. The molecule has 1 aliphatic heterocycles. The summed E-state index contributed by atoms with van der Waals surface area (Å²) in [4.78, 5) is 12.7. The third-order valence-corrected chi connectivity index (χ3v) is 6.90. The number of sulfonamides is 1. The first-order valence-corrected chi connectivity index (χ1v) is 11.1. The summed E-state index contributed by atoms with van der Waals surface area (Å²) in [5.41, 5.74) is 1.61. The molecule has 29 heavy (non-hydrogen) atoms. The second-order valence-electron chi connectivity index (χ2n) is 7.08. The van der Waals surface area contributed by atoms with Gasteiger partial charge in [-0.25, -0.2) is 8.42 Å². The van der Waals surface area contributed by atoms with Gasteiger partial charge in [0.1, 0.15) is 5.75 Å². The minimum absolute atomic E-state index is 0.186. The van der Waals surface area contributed by atoms with Crippen molar-refractivity contribution in [3.63, 3.8) is 0 Å². The van der Waals surface area contributed by atoms with Gasteiger partial charge in [-0.15, -0.1) is 0 Å². The van der Waals surface area contributed by atoms with Crippen LogP contribution in [0.15, 0.2) is 53.4 Å². The van der Waals surface area contributed by atoms with Crippen LogP contribution in [-0.2, 0) is 21.4 Å². The van der Waals surface area contributed by atoms with E-state index in [4.69, 9.17) is 4.74 Å². The summed E-state index contributed by atoms with van der Waals surface area (Å²) in [5.74, 6) is 0.600. The number of nitrogens with zero attached hydrogens (tertiary/aromatic N) is 1. The lowest BCUT2D eigenvalue weighted by molar-refractivity contribution is -0.117. The van der Waals surface area contributed by atoms with Crippen LogP contribution in [0, 0.1) is 0 Å². The highest BCUT2D eigenvalue weighted by Gasteiger charge is 2.27. The molecule has 1 aliphatic rings. The Kier molecular flexibility index (Phi) is 6.89. The number of carbonyl (C=O) groups is 1. The second kappa shape index (κ2) is 9.39. The summed E-state index contributed by atoms with van der Waals surface area (Å²) in [7, 11) is -1.83. The number of hydrogen-bond donors (Lipinski definition) is 2. The van der Waals surface area contributed by atoms with E-state index in [1.54, 1.807) is 38.3 Å².